The molecule has 0 saturated carbocycles. The second-order valence-corrected chi connectivity index (χ2v) is 8.55. The molecule has 0 aromatic heterocycles. The molecule has 3 N–H and O–H groups in total. The van der Waals surface area contributed by atoms with Crippen molar-refractivity contribution in [1.29, 1.82) is 0 Å². The lowest BCUT2D eigenvalue weighted by Crippen LogP contribution is -2.53. The number of methoxy groups -OCH3 is 2. The zero-order valence-electron chi connectivity index (χ0n) is 18.9. The van der Waals surface area contributed by atoms with Gasteiger partial charge in [0.15, 0.2) is 0 Å². The van der Waals surface area contributed by atoms with Gasteiger partial charge in [-0.1, -0.05) is 12.1 Å². The molecule has 170 valence electrons. The van der Waals surface area contributed by atoms with Crippen LogP contribution < -0.4 is 15.8 Å². The van der Waals surface area contributed by atoms with Crippen LogP contribution in [0, 0.1) is 0 Å². The van der Waals surface area contributed by atoms with Crippen molar-refractivity contribution >= 4 is 25.4 Å². The Hall–Kier alpha value is -1.32. The SMILES string of the molecule is COC[C@@H](N)C(=O)N[C@@H](CCCc1cccc(OC)c1)B1OC(C)(C)C(C)(C)O1.Cl. The molecule has 9 heteroatoms. The van der Waals surface area contributed by atoms with Crippen LogP contribution in [0.2, 0.25) is 0 Å². The molecular formula is C21H36BClN2O5. The molecule has 0 unspecified atom stereocenters. The average molecular weight is 443 g/mol. The number of nitrogens with one attached hydrogen (secondary N) is 1. The first kappa shape index (κ1) is 26.7. The summed E-state index contributed by atoms with van der Waals surface area (Å²) in [7, 11) is 2.64. The third-order valence-corrected chi connectivity index (χ3v) is 5.73. The maximum Gasteiger partial charge on any atom is 0.481 e. The number of halogens is 1. The van der Waals surface area contributed by atoms with Crippen molar-refractivity contribution in [3.05, 3.63) is 29.8 Å². The summed E-state index contributed by atoms with van der Waals surface area (Å²) in [5.41, 5.74) is 6.14. The third-order valence-electron chi connectivity index (χ3n) is 5.73. The molecule has 1 heterocycles. The highest BCUT2D eigenvalue weighted by Crippen LogP contribution is 2.38. The number of aryl methyl sites for hydroxylation is 1. The summed E-state index contributed by atoms with van der Waals surface area (Å²) in [4.78, 5) is 12.5. The van der Waals surface area contributed by atoms with Crippen LogP contribution in [0.25, 0.3) is 0 Å². The van der Waals surface area contributed by atoms with E-state index >= 15 is 0 Å². The first-order chi connectivity index (χ1) is 13.6. The molecule has 1 saturated heterocycles. The minimum atomic E-state index is -0.733. The Balaban J connectivity index is 0.00000450. The summed E-state index contributed by atoms with van der Waals surface area (Å²) in [6, 6.07) is 7.26. The van der Waals surface area contributed by atoms with Gasteiger partial charge in [0.25, 0.3) is 0 Å². The molecule has 1 amide bonds. The van der Waals surface area contributed by atoms with E-state index in [0.717, 1.165) is 18.6 Å². The zero-order chi connectivity index (χ0) is 21.7. The second-order valence-electron chi connectivity index (χ2n) is 8.55. The van der Waals surface area contributed by atoms with Crippen molar-refractivity contribution in [2.24, 2.45) is 5.73 Å². The Morgan fingerprint density at radius 1 is 1.20 bits per heavy atom. The summed E-state index contributed by atoms with van der Waals surface area (Å²) in [6.45, 7) is 8.15. The summed E-state index contributed by atoms with van der Waals surface area (Å²) in [5, 5.41) is 3.01. The van der Waals surface area contributed by atoms with Crippen molar-refractivity contribution in [3.8, 4) is 5.75 Å². The van der Waals surface area contributed by atoms with Crippen molar-refractivity contribution in [2.75, 3.05) is 20.8 Å². The van der Waals surface area contributed by atoms with Crippen molar-refractivity contribution in [1.82, 2.24) is 5.32 Å². The van der Waals surface area contributed by atoms with Gasteiger partial charge >= 0.3 is 7.12 Å². The van der Waals surface area contributed by atoms with Gasteiger partial charge in [-0.25, -0.2) is 0 Å². The van der Waals surface area contributed by atoms with Crippen molar-refractivity contribution in [3.63, 3.8) is 0 Å². The fourth-order valence-electron chi connectivity index (χ4n) is 3.23. The normalized spacial score (nSPS) is 19.0. The van der Waals surface area contributed by atoms with E-state index in [4.69, 9.17) is 24.5 Å². The molecule has 7 nitrogen and oxygen atoms in total. The standard InChI is InChI=1S/C21H35BN2O5.ClH/c1-20(2)21(3,4)29-22(28-20)18(24-19(25)17(23)14-26-5)12-8-10-15-9-7-11-16(13-15)27-6;/h7,9,11,13,17-18H,8,10,12,14,23H2,1-6H3,(H,24,25);1H/t17-,18+;/m1./s1. The van der Waals surface area contributed by atoms with E-state index in [1.165, 1.54) is 12.7 Å². The molecule has 1 aromatic rings. The van der Waals surface area contributed by atoms with Gasteiger partial charge in [-0.2, -0.15) is 0 Å². The van der Waals surface area contributed by atoms with E-state index < -0.39 is 24.4 Å². The van der Waals surface area contributed by atoms with Gasteiger partial charge in [0, 0.05) is 7.11 Å². The maximum atomic E-state index is 12.5. The number of ether oxygens (including phenoxy) is 2. The van der Waals surface area contributed by atoms with Crippen LogP contribution in [-0.2, 0) is 25.3 Å². The summed E-state index contributed by atoms with van der Waals surface area (Å²) in [6.07, 6.45) is 2.40. The number of hydrogen-bond donors (Lipinski definition) is 2. The third kappa shape index (κ3) is 6.85. The number of carbonyl (C=O) groups is 1. The molecule has 2 atom stereocenters. The maximum absolute atomic E-state index is 12.5. The highest BCUT2D eigenvalue weighted by Gasteiger charge is 2.54. The van der Waals surface area contributed by atoms with E-state index in [-0.39, 0.29) is 30.9 Å². The van der Waals surface area contributed by atoms with E-state index in [9.17, 15) is 4.79 Å². The molecule has 0 bridgehead atoms. The molecule has 0 aliphatic carbocycles. The van der Waals surface area contributed by atoms with Crippen LogP contribution in [-0.4, -0.2) is 57.0 Å². The van der Waals surface area contributed by atoms with E-state index in [2.05, 4.69) is 11.4 Å². The summed E-state index contributed by atoms with van der Waals surface area (Å²) in [5.74, 6) is 0.258. The molecular weight excluding hydrogens is 407 g/mol. The predicted octanol–water partition coefficient (Wildman–Crippen LogP) is 2.53. The molecule has 30 heavy (non-hydrogen) atoms. The van der Waals surface area contributed by atoms with Gasteiger partial charge in [-0.3, -0.25) is 4.79 Å². The largest absolute Gasteiger partial charge is 0.497 e. The van der Waals surface area contributed by atoms with Gasteiger partial charge in [0.2, 0.25) is 5.91 Å². The fraction of sp³-hybridized carbons (Fsp3) is 0.667. The number of benzene rings is 1. The molecule has 1 aliphatic rings. The number of amides is 1. The Morgan fingerprint density at radius 2 is 1.83 bits per heavy atom. The van der Waals surface area contributed by atoms with Crippen LogP contribution in [0.5, 0.6) is 5.75 Å². The number of hydrogen-bond acceptors (Lipinski definition) is 6. The first-order valence-corrected chi connectivity index (χ1v) is 10.1. The van der Waals surface area contributed by atoms with Gasteiger partial charge in [0.05, 0.1) is 30.9 Å². The lowest BCUT2D eigenvalue weighted by Gasteiger charge is -2.32. The van der Waals surface area contributed by atoms with Crippen LogP contribution in [0.3, 0.4) is 0 Å². The van der Waals surface area contributed by atoms with E-state index in [1.807, 2.05) is 45.9 Å². The highest BCUT2D eigenvalue weighted by atomic mass is 35.5. The van der Waals surface area contributed by atoms with Crippen LogP contribution in [0.15, 0.2) is 24.3 Å². The van der Waals surface area contributed by atoms with Crippen LogP contribution in [0.1, 0.15) is 46.1 Å². The zero-order valence-corrected chi connectivity index (χ0v) is 19.7. The molecule has 0 spiro atoms. The Kier molecular flexibility index (Phi) is 10.1. The predicted molar refractivity (Wildman–Crippen MR) is 121 cm³/mol. The Bertz CT molecular complexity index is 673. The lowest BCUT2D eigenvalue weighted by molar-refractivity contribution is -0.123. The lowest BCUT2D eigenvalue weighted by atomic mass is 9.75. The number of rotatable bonds is 10. The first-order valence-electron chi connectivity index (χ1n) is 10.1. The van der Waals surface area contributed by atoms with E-state index in [0.29, 0.717) is 6.42 Å². The van der Waals surface area contributed by atoms with Gasteiger partial charge in [-0.05, 0) is 64.7 Å². The molecule has 1 aromatic carbocycles. The Morgan fingerprint density at radius 3 is 2.40 bits per heavy atom. The topological polar surface area (TPSA) is 92.0 Å². The minimum absolute atomic E-state index is 0. The van der Waals surface area contributed by atoms with Crippen LogP contribution >= 0.6 is 12.4 Å². The molecule has 2 rings (SSSR count). The van der Waals surface area contributed by atoms with Crippen molar-refractivity contribution < 1.29 is 23.6 Å². The fourth-order valence-corrected chi connectivity index (χ4v) is 3.23. The minimum Gasteiger partial charge on any atom is -0.497 e. The monoisotopic (exact) mass is 442 g/mol. The number of carbonyl (C=O) groups excluding carboxylic acids is 1. The molecule has 0 radical (unpaired) electrons. The molecule has 1 aliphatic heterocycles. The van der Waals surface area contributed by atoms with Crippen LogP contribution in [0.4, 0.5) is 0 Å². The van der Waals surface area contributed by atoms with E-state index in [1.54, 1.807) is 7.11 Å². The second kappa shape index (κ2) is 11.3. The summed E-state index contributed by atoms with van der Waals surface area (Å²) < 4.78 is 22.6. The van der Waals surface area contributed by atoms with Gasteiger partial charge in [-0.15, -0.1) is 12.4 Å². The van der Waals surface area contributed by atoms with Gasteiger partial charge in [0.1, 0.15) is 11.8 Å². The number of nitrogens with two attached hydrogens (primary N) is 1. The summed E-state index contributed by atoms with van der Waals surface area (Å²) >= 11 is 0. The Labute approximate surface area is 186 Å². The molecule has 1 fully saturated rings. The highest BCUT2D eigenvalue weighted by molar-refractivity contribution is 6.48. The van der Waals surface area contributed by atoms with Crippen molar-refractivity contribution in [2.45, 2.75) is 70.1 Å². The average Bonchev–Trinajstić information content (AvgIpc) is 2.88. The smallest absolute Gasteiger partial charge is 0.481 e. The quantitative estimate of drug-likeness (QED) is 0.541. The van der Waals surface area contributed by atoms with Gasteiger partial charge < -0.3 is 29.8 Å².